The normalized spacial score (nSPS) is 10.6. The monoisotopic (exact) mass is 274 g/mol. The van der Waals surface area contributed by atoms with Crippen LogP contribution in [0, 0.1) is 5.95 Å². The molecule has 0 amide bonds. The summed E-state index contributed by atoms with van der Waals surface area (Å²) in [5, 5.41) is 1.38. The summed E-state index contributed by atoms with van der Waals surface area (Å²) in [4.78, 5) is 7.72. The second kappa shape index (κ2) is 4.82. The molecule has 3 rings (SSSR count). The van der Waals surface area contributed by atoms with Crippen LogP contribution in [0.5, 0.6) is 11.5 Å². The van der Waals surface area contributed by atoms with Crippen molar-refractivity contribution in [1.82, 2.24) is 9.97 Å². The van der Waals surface area contributed by atoms with Gasteiger partial charge < -0.3 is 4.74 Å². The molecule has 0 unspecified atom stereocenters. The molecule has 0 bridgehead atoms. The number of hydrogen-bond acceptors (Lipinski definition) is 3. The molecule has 0 atom stereocenters. The molecule has 0 aliphatic carbocycles. The summed E-state index contributed by atoms with van der Waals surface area (Å²) in [5.41, 5.74) is 0.632. The molecular formula is C14H8ClFN2O. The number of hydrogen-bond donors (Lipinski definition) is 0. The Morgan fingerprint density at radius 2 is 1.95 bits per heavy atom. The van der Waals surface area contributed by atoms with E-state index in [-0.39, 0.29) is 0 Å². The van der Waals surface area contributed by atoms with E-state index in [0.29, 0.717) is 22.0 Å². The van der Waals surface area contributed by atoms with Gasteiger partial charge in [-0.1, -0.05) is 11.6 Å². The molecule has 0 spiro atoms. The number of benzene rings is 1. The predicted molar refractivity (Wildman–Crippen MR) is 71.0 cm³/mol. The SMILES string of the molecule is Fc1cc(Oc2ccc(Cl)c3cccnc23)ccn1. The van der Waals surface area contributed by atoms with Crippen molar-refractivity contribution in [3.63, 3.8) is 0 Å². The Labute approximate surface area is 113 Å². The number of rotatable bonds is 2. The summed E-state index contributed by atoms with van der Waals surface area (Å²) in [6.07, 6.45) is 2.99. The van der Waals surface area contributed by atoms with Crippen LogP contribution >= 0.6 is 11.6 Å². The van der Waals surface area contributed by atoms with Crippen molar-refractivity contribution < 1.29 is 9.13 Å². The van der Waals surface area contributed by atoms with Crippen molar-refractivity contribution >= 4 is 22.5 Å². The van der Waals surface area contributed by atoms with E-state index in [9.17, 15) is 4.39 Å². The summed E-state index contributed by atoms with van der Waals surface area (Å²) in [7, 11) is 0. The minimum Gasteiger partial charge on any atom is -0.455 e. The molecule has 0 radical (unpaired) electrons. The number of aromatic nitrogens is 2. The quantitative estimate of drug-likeness (QED) is 0.657. The maximum absolute atomic E-state index is 13.0. The molecule has 0 aliphatic heterocycles. The molecule has 3 nitrogen and oxygen atoms in total. The molecule has 2 heterocycles. The van der Waals surface area contributed by atoms with Gasteiger partial charge in [-0.2, -0.15) is 4.39 Å². The van der Waals surface area contributed by atoms with E-state index in [2.05, 4.69) is 9.97 Å². The first-order chi connectivity index (χ1) is 9.24. The van der Waals surface area contributed by atoms with Crippen LogP contribution < -0.4 is 4.74 Å². The standard InChI is InChI=1S/C14H8ClFN2O/c15-11-3-4-12(14-10(11)2-1-6-18-14)19-9-5-7-17-13(16)8-9/h1-8H. The van der Waals surface area contributed by atoms with Gasteiger partial charge in [-0.15, -0.1) is 0 Å². The second-order valence-corrected chi connectivity index (χ2v) is 4.27. The maximum atomic E-state index is 13.0. The van der Waals surface area contributed by atoms with Crippen molar-refractivity contribution in [2.75, 3.05) is 0 Å². The number of fused-ring (bicyclic) bond motifs is 1. The number of pyridine rings is 2. The van der Waals surface area contributed by atoms with Gasteiger partial charge >= 0.3 is 0 Å². The third-order valence-corrected chi connectivity index (χ3v) is 2.93. The third kappa shape index (κ3) is 2.35. The first kappa shape index (κ1) is 11.9. The summed E-state index contributed by atoms with van der Waals surface area (Å²) in [6, 6.07) is 9.86. The van der Waals surface area contributed by atoms with Crippen LogP contribution in [0.2, 0.25) is 5.02 Å². The Balaban J connectivity index is 2.09. The largest absolute Gasteiger partial charge is 0.455 e. The van der Waals surface area contributed by atoms with E-state index >= 15 is 0 Å². The molecule has 19 heavy (non-hydrogen) atoms. The maximum Gasteiger partial charge on any atom is 0.216 e. The van der Waals surface area contributed by atoms with Crippen molar-refractivity contribution in [1.29, 1.82) is 0 Å². The van der Waals surface area contributed by atoms with Crippen molar-refractivity contribution in [3.8, 4) is 11.5 Å². The predicted octanol–water partition coefficient (Wildman–Crippen LogP) is 4.21. The second-order valence-electron chi connectivity index (χ2n) is 3.86. The van der Waals surface area contributed by atoms with E-state index in [0.717, 1.165) is 5.39 Å². The number of halogens is 2. The van der Waals surface area contributed by atoms with Gasteiger partial charge in [-0.05, 0) is 30.3 Å². The molecule has 5 heteroatoms. The van der Waals surface area contributed by atoms with Crippen LogP contribution in [-0.4, -0.2) is 9.97 Å². The lowest BCUT2D eigenvalue weighted by Crippen LogP contribution is -1.90. The zero-order chi connectivity index (χ0) is 13.2. The Morgan fingerprint density at radius 1 is 1.05 bits per heavy atom. The summed E-state index contributed by atoms with van der Waals surface area (Å²) >= 11 is 6.09. The molecule has 0 N–H and O–H groups in total. The molecule has 0 fully saturated rings. The van der Waals surface area contributed by atoms with Gasteiger partial charge in [0.05, 0.1) is 5.02 Å². The first-order valence-corrected chi connectivity index (χ1v) is 5.94. The lowest BCUT2D eigenvalue weighted by molar-refractivity contribution is 0.476. The Kier molecular flexibility index (Phi) is 3.01. The highest BCUT2D eigenvalue weighted by atomic mass is 35.5. The van der Waals surface area contributed by atoms with Gasteiger partial charge in [0.15, 0.2) is 5.75 Å². The molecule has 0 saturated heterocycles. The van der Waals surface area contributed by atoms with E-state index < -0.39 is 5.95 Å². The fourth-order valence-corrected chi connectivity index (χ4v) is 1.98. The van der Waals surface area contributed by atoms with Crippen LogP contribution in [0.1, 0.15) is 0 Å². The minimum atomic E-state index is -0.594. The zero-order valence-electron chi connectivity index (χ0n) is 9.68. The first-order valence-electron chi connectivity index (χ1n) is 5.57. The Bertz CT molecular complexity index is 748. The van der Waals surface area contributed by atoms with E-state index in [4.69, 9.17) is 16.3 Å². The zero-order valence-corrected chi connectivity index (χ0v) is 10.4. The molecule has 94 valence electrons. The topological polar surface area (TPSA) is 35.0 Å². The molecular weight excluding hydrogens is 267 g/mol. The fraction of sp³-hybridized carbons (Fsp3) is 0. The molecule has 0 aliphatic rings. The average Bonchev–Trinajstić information content (AvgIpc) is 2.42. The van der Waals surface area contributed by atoms with E-state index in [1.54, 1.807) is 30.5 Å². The highest BCUT2D eigenvalue weighted by molar-refractivity contribution is 6.35. The van der Waals surface area contributed by atoms with E-state index in [1.807, 2.05) is 6.07 Å². The smallest absolute Gasteiger partial charge is 0.216 e. The minimum absolute atomic E-state index is 0.363. The van der Waals surface area contributed by atoms with Gasteiger partial charge in [0.2, 0.25) is 5.95 Å². The van der Waals surface area contributed by atoms with Crippen LogP contribution in [0.15, 0.2) is 48.8 Å². The fourth-order valence-electron chi connectivity index (χ4n) is 1.77. The molecule has 2 aromatic heterocycles. The van der Waals surface area contributed by atoms with Gasteiger partial charge in [0.1, 0.15) is 11.3 Å². The number of nitrogens with zero attached hydrogens (tertiary/aromatic N) is 2. The van der Waals surface area contributed by atoms with Crippen LogP contribution in [0.4, 0.5) is 4.39 Å². The summed E-state index contributed by atoms with van der Waals surface area (Å²) in [5.74, 6) is 0.288. The van der Waals surface area contributed by atoms with Crippen LogP contribution in [0.25, 0.3) is 10.9 Å². The summed E-state index contributed by atoms with van der Waals surface area (Å²) < 4.78 is 18.6. The Hall–Kier alpha value is -2.20. The highest BCUT2D eigenvalue weighted by Gasteiger charge is 2.08. The lowest BCUT2D eigenvalue weighted by atomic mass is 10.2. The summed E-state index contributed by atoms with van der Waals surface area (Å²) in [6.45, 7) is 0. The van der Waals surface area contributed by atoms with Gasteiger partial charge in [0.25, 0.3) is 0 Å². The highest BCUT2D eigenvalue weighted by Crippen LogP contribution is 2.32. The average molecular weight is 275 g/mol. The molecule has 1 aromatic carbocycles. The van der Waals surface area contributed by atoms with Crippen molar-refractivity contribution in [3.05, 3.63) is 59.8 Å². The number of ether oxygens (including phenoxy) is 1. The molecule has 3 aromatic rings. The van der Waals surface area contributed by atoms with Crippen LogP contribution in [-0.2, 0) is 0 Å². The molecule has 0 saturated carbocycles. The van der Waals surface area contributed by atoms with E-state index in [1.165, 1.54) is 12.3 Å². The van der Waals surface area contributed by atoms with Gasteiger partial charge in [-0.25, -0.2) is 4.98 Å². The van der Waals surface area contributed by atoms with Crippen LogP contribution in [0.3, 0.4) is 0 Å². The van der Waals surface area contributed by atoms with Gasteiger partial charge in [-0.3, -0.25) is 4.98 Å². The lowest BCUT2D eigenvalue weighted by Gasteiger charge is -2.08. The third-order valence-electron chi connectivity index (χ3n) is 2.61. The Morgan fingerprint density at radius 3 is 2.79 bits per heavy atom. The van der Waals surface area contributed by atoms with Gasteiger partial charge in [0, 0.05) is 23.8 Å². The van der Waals surface area contributed by atoms with Crippen molar-refractivity contribution in [2.45, 2.75) is 0 Å². The van der Waals surface area contributed by atoms with Crippen molar-refractivity contribution in [2.24, 2.45) is 0 Å².